The molecule has 0 radical (unpaired) electrons. The summed E-state index contributed by atoms with van der Waals surface area (Å²) in [7, 11) is 0. The Bertz CT molecular complexity index is 1120. The lowest BCUT2D eigenvalue weighted by atomic mass is 10.2. The van der Waals surface area contributed by atoms with Crippen LogP contribution in [0.25, 0.3) is 0 Å². The molecule has 0 fully saturated rings. The number of nitrogens with zero attached hydrogens (tertiary/aromatic N) is 1. The summed E-state index contributed by atoms with van der Waals surface area (Å²) in [4.78, 5) is 23.7. The minimum Gasteiger partial charge on any atom is -0.489 e. The molecule has 0 unspecified atom stereocenters. The predicted octanol–water partition coefficient (Wildman–Crippen LogP) is 5.31. The maximum Gasteiger partial charge on any atom is 0.329 e. The van der Waals surface area contributed by atoms with Crippen molar-refractivity contribution in [2.75, 3.05) is 5.32 Å². The van der Waals surface area contributed by atoms with Gasteiger partial charge in [0.25, 0.3) is 0 Å². The summed E-state index contributed by atoms with van der Waals surface area (Å²) in [5.74, 6) is -1.13. The second-order valence-corrected chi connectivity index (χ2v) is 7.54. The Morgan fingerprint density at radius 1 is 0.903 bits per heavy atom. The zero-order valence-electron chi connectivity index (χ0n) is 15.9. The Labute approximate surface area is 193 Å². The van der Waals surface area contributed by atoms with E-state index in [2.05, 4.69) is 15.8 Å². The number of amides is 2. The molecule has 0 spiro atoms. The lowest BCUT2D eigenvalue weighted by Crippen LogP contribution is -2.32. The molecule has 0 atom stereocenters. The summed E-state index contributed by atoms with van der Waals surface area (Å²) in [5.41, 5.74) is 4.09. The van der Waals surface area contributed by atoms with E-state index in [1.54, 1.807) is 60.7 Å². The number of anilines is 1. The lowest BCUT2D eigenvalue weighted by Gasteiger charge is -2.08. The van der Waals surface area contributed by atoms with Crippen LogP contribution in [0.5, 0.6) is 5.75 Å². The molecule has 3 rings (SSSR count). The Morgan fingerprint density at radius 3 is 2.35 bits per heavy atom. The van der Waals surface area contributed by atoms with E-state index in [9.17, 15) is 9.59 Å². The highest BCUT2D eigenvalue weighted by Gasteiger charge is 2.12. The molecule has 6 nitrogen and oxygen atoms in total. The molecule has 0 saturated carbocycles. The number of halogens is 3. The first-order valence-corrected chi connectivity index (χ1v) is 10.1. The molecular formula is C22H16Cl3N3O3. The van der Waals surface area contributed by atoms with Crippen molar-refractivity contribution in [3.63, 3.8) is 0 Å². The van der Waals surface area contributed by atoms with E-state index in [0.29, 0.717) is 38.7 Å². The maximum absolute atomic E-state index is 11.9. The standard InChI is InChI=1S/C22H16Cl3N3O3/c23-16-2-1-3-18(10-16)27-21(29)22(30)28-26-12-14-4-8-19(9-5-14)31-13-15-6-7-17(24)11-20(15)25/h1-12H,13H2,(H,27,29)(H,28,30)/b26-12+. The number of carbonyl (C=O) groups is 2. The Hall–Kier alpha value is -3.06. The first kappa shape index (κ1) is 22.6. The van der Waals surface area contributed by atoms with Crippen LogP contribution in [0.4, 0.5) is 5.69 Å². The van der Waals surface area contributed by atoms with Crippen molar-refractivity contribution >= 4 is 58.5 Å². The fraction of sp³-hybridized carbons (Fsp3) is 0.0455. The largest absolute Gasteiger partial charge is 0.489 e. The summed E-state index contributed by atoms with van der Waals surface area (Å²) in [5, 5.41) is 7.75. The molecule has 3 aromatic carbocycles. The molecule has 0 saturated heterocycles. The van der Waals surface area contributed by atoms with Gasteiger partial charge in [-0.1, -0.05) is 46.9 Å². The molecular weight excluding hydrogens is 461 g/mol. The van der Waals surface area contributed by atoms with Crippen molar-refractivity contribution in [1.82, 2.24) is 5.43 Å². The molecule has 2 N–H and O–H groups in total. The third kappa shape index (κ3) is 7.00. The first-order chi connectivity index (χ1) is 14.9. The van der Waals surface area contributed by atoms with E-state index in [0.717, 1.165) is 5.56 Å². The number of benzene rings is 3. The summed E-state index contributed by atoms with van der Waals surface area (Å²) < 4.78 is 5.70. The van der Waals surface area contributed by atoms with Gasteiger partial charge in [-0.3, -0.25) is 9.59 Å². The van der Waals surface area contributed by atoms with Crippen LogP contribution in [0.1, 0.15) is 11.1 Å². The molecule has 0 aromatic heterocycles. The highest BCUT2D eigenvalue weighted by Crippen LogP contribution is 2.22. The molecule has 2 amide bonds. The van der Waals surface area contributed by atoms with Gasteiger partial charge in [0, 0.05) is 26.3 Å². The van der Waals surface area contributed by atoms with Crippen LogP contribution in [0.2, 0.25) is 15.1 Å². The predicted molar refractivity (Wildman–Crippen MR) is 123 cm³/mol. The highest BCUT2D eigenvalue weighted by atomic mass is 35.5. The molecule has 31 heavy (non-hydrogen) atoms. The summed E-state index contributed by atoms with van der Waals surface area (Å²) in [6, 6.07) is 18.7. The SMILES string of the molecule is O=C(N/N=C/c1ccc(OCc2ccc(Cl)cc2Cl)cc1)C(=O)Nc1cccc(Cl)c1. The molecule has 0 aliphatic heterocycles. The summed E-state index contributed by atoms with van der Waals surface area (Å²) >= 11 is 17.8. The molecule has 0 heterocycles. The van der Waals surface area contributed by atoms with Gasteiger partial charge in [-0.15, -0.1) is 0 Å². The number of carbonyl (C=O) groups excluding carboxylic acids is 2. The average molecular weight is 477 g/mol. The van der Waals surface area contributed by atoms with Gasteiger partial charge < -0.3 is 10.1 Å². The van der Waals surface area contributed by atoms with Gasteiger partial charge in [0.1, 0.15) is 12.4 Å². The van der Waals surface area contributed by atoms with Crippen molar-refractivity contribution in [2.24, 2.45) is 5.10 Å². The third-order valence-corrected chi connectivity index (χ3v) is 4.78. The van der Waals surface area contributed by atoms with Gasteiger partial charge in [0.05, 0.1) is 6.21 Å². The fourth-order valence-corrected chi connectivity index (χ4v) is 3.07. The van der Waals surface area contributed by atoms with Crippen molar-refractivity contribution in [1.29, 1.82) is 0 Å². The summed E-state index contributed by atoms with van der Waals surface area (Å²) in [6.07, 6.45) is 1.41. The van der Waals surface area contributed by atoms with E-state index in [1.165, 1.54) is 12.3 Å². The fourth-order valence-electron chi connectivity index (χ4n) is 2.42. The van der Waals surface area contributed by atoms with E-state index >= 15 is 0 Å². The quantitative estimate of drug-likeness (QED) is 0.287. The number of ether oxygens (including phenoxy) is 1. The minimum absolute atomic E-state index is 0.293. The number of nitrogens with one attached hydrogen (secondary N) is 2. The number of rotatable bonds is 6. The monoisotopic (exact) mass is 475 g/mol. The van der Waals surface area contributed by atoms with Gasteiger partial charge in [-0.05, 0) is 60.2 Å². The van der Waals surface area contributed by atoms with E-state index in [4.69, 9.17) is 39.5 Å². The smallest absolute Gasteiger partial charge is 0.329 e. The average Bonchev–Trinajstić information content (AvgIpc) is 2.74. The van der Waals surface area contributed by atoms with Crippen LogP contribution >= 0.6 is 34.8 Å². The molecule has 3 aromatic rings. The Balaban J connectivity index is 1.48. The second-order valence-electron chi connectivity index (χ2n) is 6.26. The molecule has 158 valence electrons. The van der Waals surface area contributed by atoms with E-state index in [1.807, 2.05) is 0 Å². The van der Waals surface area contributed by atoms with Crippen LogP contribution in [0, 0.1) is 0 Å². The van der Waals surface area contributed by atoms with Gasteiger partial charge in [-0.25, -0.2) is 5.43 Å². The maximum atomic E-state index is 11.9. The van der Waals surface area contributed by atoms with E-state index in [-0.39, 0.29) is 0 Å². The first-order valence-electron chi connectivity index (χ1n) is 8.97. The molecule has 0 aliphatic rings. The highest BCUT2D eigenvalue weighted by molar-refractivity contribution is 6.39. The van der Waals surface area contributed by atoms with Crippen molar-refractivity contribution in [3.05, 3.63) is 92.9 Å². The Kier molecular flexibility index (Phi) is 7.89. The van der Waals surface area contributed by atoms with Crippen LogP contribution in [0.3, 0.4) is 0 Å². The molecule has 9 heteroatoms. The number of hydrazone groups is 1. The van der Waals surface area contributed by atoms with E-state index < -0.39 is 11.8 Å². The van der Waals surface area contributed by atoms with Crippen molar-refractivity contribution < 1.29 is 14.3 Å². The minimum atomic E-state index is -0.906. The van der Waals surface area contributed by atoms with Crippen LogP contribution in [0.15, 0.2) is 71.8 Å². The van der Waals surface area contributed by atoms with Crippen LogP contribution in [-0.4, -0.2) is 18.0 Å². The third-order valence-electron chi connectivity index (χ3n) is 3.96. The molecule has 0 aliphatic carbocycles. The van der Waals surface area contributed by atoms with Crippen LogP contribution in [-0.2, 0) is 16.2 Å². The van der Waals surface area contributed by atoms with Crippen LogP contribution < -0.4 is 15.5 Å². The van der Waals surface area contributed by atoms with Crippen molar-refractivity contribution in [2.45, 2.75) is 6.61 Å². The number of hydrogen-bond acceptors (Lipinski definition) is 4. The molecule has 0 bridgehead atoms. The zero-order chi connectivity index (χ0) is 22.2. The van der Waals surface area contributed by atoms with Gasteiger partial charge in [0.2, 0.25) is 0 Å². The lowest BCUT2D eigenvalue weighted by molar-refractivity contribution is -0.136. The van der Waals surface area contributed by atoms with Gasteiger partial charge in [0.15, 0.2) is 0 Å². The van der Waals surface area contributed by atoms with Crippen molar-refractivity contribution in [3.8, 4) is 5.75 Å². The Morgan fingerprint density at radius 2 is 1.65 bits per heavy atom. The number of hydrogen-bond donors (Lipinski definition) is 2. The van der Waals surface area contributed by atoms with Gasteiger partial charge in [-0.2, -0.15) is 5.10 Å². The normalized spacial score (nSPS) is 10.7. The topological polar surface area (TPSA) is 79.8 Å². The zero-order valence-corrected chi connectivity index (χ0v) is 18.2. The second kappa shape index (κ2) is 10.8. The summed E-state index contributed by atoms with van der Waals surface area (Å²) in [6.45, 7) is 0.293. The van der Waals surface area contributed by atoms with Gasteiger partial charge >= 0.3 is 11.8 Å².